The van der Waals surface area contributed by atoms with Crippen LogP contribution in [0, 0.1) is 0 Å². The summed E-state index contributed by atoms with van der Waals surface area (Å²) in [6.07, 6.45) is 4.62. The lowest BCUT2D eigenvalue weighted by atomic mass is 10.2. The van der Waals surface area contributed by atoms with Crippen molar-refractivity contribution in [1.29, 1.82) is 0 Å². The maximum Gasteiger partial charge on any atom is 0.0871 e. The van der Waals surface area contributed by atoms with E-state index < -0.39 is 8.07 Å². The SMILES string of the molecule is CC(/C=C\c1ccccc1)[Si](C)(C)c1ccccc1. The van der Waals surface area contributed by atoms with Crippen LogP contribution in [-0.2, 0) is 0 Å². The van der Waals surface area contributed by atoms with Crippen molar-refractivity contribution in [3.8, 4) is 0 Å². The van der Waals surface area contributed by atoms with Crippen LogP contribution in [-0.4, -0.2) is 8.07 Å². The fourth-order valence-corrected chi connectivity index (χ4v) is 4.35. The van der Waals surface area contributed by atoms with Gasteiger partial charge >= 0.3 is 0 Å². The first-order chi connectivity index (χ1) is 9.10. The molecule has 0 aromatic heterocycles. The Balaban J connectivity index is 2.15. The molecule has 0 spiro atoms. The highest BCUT2D eigenvalue weighted by atomic mass is 28.3. The van der Waals surface area contributed by atoms with E-state index in [1.54, 1.807) is 0 Å². The fraction of sp³-hybridized carbons (Fsp3) is 0.222. The predicted octanol–water partition coefficient (Wildman–Crippen LogP) is 4.71. The van der Waals surface area contributed by atoms with E-state index in [9.17, 15) is 0 Å². The van der Waals surface area contributed by atoms with Gasteiger partial charge in [0.2, 0.25) is 0 Å². The van der Waals surface area contributed by atoms with Crippen LogP contribution >= 0.6 is 0 Å². The zero-order valence-corrected chi connectivity index (χ0v) is 13.0. The Labute approximate surface area is 117 Å². The number of benzene rings is 2. The topological polar surface area (TPSA) is 0 Å². The molecule has 0 aliphatic carbocycles. The van der Waals surface area contributed by atoms with E-state index in [1.165, 1.54) is 10.8 Å². The monoisotopic (exact) mass is 266 g/mol. The Bertz CT molecular complexity index is 526. The third-order valence-electron chi connectivity index (χ3n) is 4.03. The van der Waals surface area contributed by atoms with E-state index in [0.29, 0.717) is 5.54 Å². The quantitative estimate of drug-likeness (QED) is 0.703. The molecule has 2 rings (SSSR count). The Morgan fingerprint density at radius 1 is 0.842 bits per heavy atom. The zero-order chi connectivity index (χ0) is 13.7. The second-order valence-corrected chi connectivity index (χ2v) is 10.6. The molecular formula is C18H22Si. The van der Waals surface area contributed by atoms with Crippen molar-refractivity contribution in [3.63, 3.8) is 0 Å². The summed E-state index contributed by atoms with van der Waals surface area (Å²) in [6, 6.07) is 21.5. The average molecular weight is 266 g/mol. The van der Waals surface area contributed by atoms with Gasteiger partial charge in [0.25, 0.3) is 0 Å². The summed E-state index contributed by atoms with van der Waals surface area (Å²) in [4.78, 5) is 0. The van der Waals surface area contributed by atoms with Crippen LogP contribution in [0.2, 0.25) is 18.6 Å². The Kier molecular flexibility index (Phi) is 4.38. The first kappa shape index (κ1) is 13.8. The predicted molar refractivity (Wildman–Crippen MR) is 88.5 cm³/mol. The highest BCUT2D eigenvalue weighted by Crippen LogP contribution is 2.23. The Morgan fingerprint density at radius 2 is 1.37 bits per heavy atom. The zero-order valence-electron chi connectivity index (χ0n) is 12.0. The minimum Gasteiger partial charge on any atom is -0.0834 e. The standard InChI is InChI=1S/C18H22Si/c1-16(14-15-17-10-6-4-7-11-17)19(2,3)18-12-8-5-9-13-18/h4-16H,1-3H3/b15-14-. The average Bonchev–Trinajstić information content (AvgIpc) is 2.46. The van der Waals surface area contributed by atoms with Crippen molar-refractivity contribution in [2.45, 2.75) is 25.6 Å². The van der Waals surface area contributed by atoms with Crippen LogP contribution in [0.1, 0.15) is 12.5 Å². The summed E-state index contributed by atoms with van der Waals surface area (Å²) in [5, 5.41) is 1.53. The Hall–Kier alpha value is -1.60. The third-order valence-corrected chi connectivity index (χ3v) is 8.32. The minimum absolute atomic E-state index is 0.620. The summed E-state index contributed by atoms with van der Waals surface area (Å²) in [6.45, 7) is 7.24. The third kappa shape index (κ3) is 3.45. The van der Waals surface area contributed by atoms with Gasteiger partial charge in [0.1, 0.15) is 0 Å². The summed E-state index contributed by atoms with van der Waals surface area (Å²) < 4.78 is 0. The molecule has 0 saturated heterocycles. The van der Waals surface area contributed by atoms with Crippen LogP contribution in [0.4, 0.5) is 0 Å². The van der Waals surface area contributed by atoms with Crippen molar-refractivity contribution in [2.24, 2.45) is 0 Å². The molecule has 1 unspecified atom stereocenters. The highest BCUT2D eigenvalue weighted by molar-refractivity contribution is 6.91. The van der Waals surface area contributed by atoms with Crippen LogP contribution in [0.5, 0.6) is 0 Å². The molecule has 2 aromatic rings. The number of allylic oxidation sites excluding steroid dienone is 1. The lowest BCUT2D eigenvalue weighted by molar-refractivity contribution is 1.15. The summed E-state index contributed by atoms with van der Waals surface area (Å²) in [7, 11) is -1.42. The van der Waals surface area contributed by atoms with E-state index in [-0.39, 0.29) is 0 Å². The van der Waals surface area contributed by atoms with Crippen molar-refractivity contribution in [3.05, 3.63) is 72.3 Å². The van der Waals surface area contributed by atoms with Crippen LogP contribution < -0.4 is 5.19 Å². The van der Waals surface area contributed by atoms with Crippen LogP contribution in [0.25, 0.3) is 6.08 Å². The molecule has 1 heteroatoms. The van der Waals surface area contributed by atoms with E-state index >= 15 is 0 Å². The molecule has 1 atom stereocenters. The van der Waals surface area contributed by atoms with Gasteiger partial charge in [-0.1, -0.05) is 98.0 Å². The van der Waals surface area contributed by atoms with Gasteiger partial charge in [-0.05, 0) is 11.1 Å². The molecule has 0 N–H and O–H groups in total. The summed E-state index contributed by atoms with van der Waals surface area (Å²) in [5.74, 6) is 0. The van der Waals surface area contributed by atoms with Crippen molar-refractivity contribution >= 4 is 19.3 Å². The summed E-state index contributed by atoms with van der Waals surface area (Å²) >= 11 is 0. The molecule has 0 amide bonds. The van der Waals surface area contributed by atoms with Gasteiger partial charge in [0.05, 0.1) is 8.07 Å². The summed E-state index contributed by atoms with van der Waals surface area (Å²) in [5.41, 5.74) is 1.90. The molecule has 0 saturated carbocycles. The molecule has 0 aliphatic rings. The molecule has 19 heavy (non-hydrogen) atoms. The largest absolute Gasteiger partial charge is 0.0871 e. The lowest BCUT2D eigenvalue weighted by Gasteiger charge is -2.28. The van der Waals surface area contributed by atoms with Gasteiger partial charge in [0, 0.05) is 0 Å². The number of rotatable bonds is 4. The molecule has 0 fully saturated rings. The number of hydrogen-bond acceptors (Lipinski definition) is 0. The Morgan fingerprint density at radius 3 is 1.95 bits per heavy atom. The normalized spacial score (nSPS) is 13.6. The fourth-order valence-electron chi connectivity index (χ4n) is 2.19. The van der Waals surface area contributed by atoms with Gasteiger partial charge in [-0.15, -0.1) is 0 Å². The van der Waals surface area contributed by atoms with E-state index in [1.807, 2.05) is 0 Å². The van der Waals surface area contributed by atoms with E-state index in [0.717, 1.165) is 0 Å². The molecular weight excluding hydrogens is 244 g/mol. The molecule has 0 aliphatic heterocycles. The number of hydrogen-bond donors (Lipinski definition) is 0. The minimum atomic E-state index is -1.42. The van der Waals surface area contributed by atoms with Gasteiger partial charge in [-0.3, -0.25) is 0 Å². The maximum absolute atomic E-state index is 2.45. The van der Waals surface area contributed by atoms with Crippen LogP contribution in [0.15, 0.2) is 66.7 Å². The molecule has 0 bridgehead atoms. The van der Waals surface area contributed by atoms with E-state index in [2.05, 4.69) is 92.8 Å². The van der Waals surface area contributed by atoms with Crippen molar-refractivity contribution in [2.75, 3.05) is 0 Å². The second-order valence-electron chi connectivity index (χ2n) is 5.65. The molecule has 0 radical (unpaired) electrons. The van der Waals surface area contributed by atoms with Crippen molar-refractivity contribution < 1.29 is 0 Å². The highest BCUT2D eigenvalue weighted by Gasteiger charge is 2.28. The van der Waals surface area contributed by atoms with Gasteiger partial charge in [-0.25, -0.2) is 0 Å². The molecule has 0 nitrogen and oxygen atoms in total. The second kappa shape index (κ2) is 6.03. The van der Waals surface area contributed by atoms with Gasteiger partial charge < -0.3 is 0 Å². The maximum atomic E-state index is 2.45. The lowest BCUT2D eigenvalue weighted by Crippen LogP contribution is -2.44. The first-order valence-corrected chi connectivity index (χ1v) is 9.97. The smallest absolute Gasteiger partial charge is 0.0834 e. The van der Waals surface area contributed by atoms with E-state index in [4.69, 9.17) is 0 Å². The van der Waals surface area contributed by atoms with Gasteiger partial charge in [0.15, 0.2) is 0 Å². The molecule has 2 aromatic carbocycles. The molecule has 98 valence electrons. The van der Waals surface area contributed by atoms with Gasteiger partial charge in [-0.2, -0.15) is 0 Å². The first-order valence-electron chi connectivity index (χ1n) is 6.89. The van der Waals surface area contributed by atoms with Crippen molar-refractivity contribution in [1.82, 2.24) is 0 Å². The molecule has 0 heterocycles. The van der Waals surface area contributed by atoms with Crippen LogP contribution in [0.3, 0.4) is 0 Å².